The van der Waals surface area contributed by atoms with Gasteiger partial charge in [0.2, 0.25) is 5.91 Å². The minimum atomic E-state index is -1.57. The molecule has 4 heterocycles. The molecule has 298 valence electrons. The maximum absolute atomic E-state index is 13.7. The summed E-state index contributed by atoms with van der Waals surface area (Å²) in [5.41, 5.74) is 17.5. The topological polar surface area (TPSA) is 173 Å². The molecule has 3 aliphatic rings. The number of carbonyl (C=O) groups excluding carboxylic acids is 4. The molecule has 3 aliphatic heterocycles. The van der Waals surface area contributed by atoms with Crippen molar-refractivity contribution in [2.45, 2.75) is 69.6 Å². The molecule has 6 N–H and O–H groups in total. The predicted molar refractivity (Wildman–Crippen MR) is 223 cm³/mol. The second-order valence-corrected chi connectivity index (χ2v) is 15.9. The van der Waals surface area contributed by atoms with Gasteiger partial charge in [0.15, 0.2) is 5.60 Å². The number of benzene rings is 4. The molecule has 5 aromatic rings. The summed E-state index contributed by atoms with van der Waals surface area (Å²) in [5.74, 6) is -0.583. The highest BCUT2D eigenvalue weighted by atomic mass is 16.7. The van der Waals surface area contributed by atoms with E-state index in [-0.39, 0.29) is 18.2 Å². The molecule has 12 nitrogen and oxygen atoms in total. The normalized spacial score (nSPS) is 19.1. The van der Waals surface area contributed by atoms with Crippen LogP contribution in [0.2, 0.25) is 0 Å². The summed E-state index contributed by atoms with van der Waals surface area (Å²) in [5, 5.41) is 3.53. The Bertz CT molecular complexity index is 2350. The molecule has 1 aromatic heterocycles. The van der Waals surface area contributed by atoms with Crippen LogP contribution < -0.4 is 22.2 Å². The molecule has 0 saturated carbocycles. The lowest BCUT2D eigenvalue weighted by Crippen LogP contribution is -2.39. The molecule has 8 rings (SSSR count). The molecular weight excluding hydrogens is 731 g/mol. The number of hydrogen-bond donors (Lipinski definition) is 4. The van der Waals surface area contributed by atoms with Crippen molar-refractivity contribution >= 4 is 52.9 Å². The van der Waals surface area contributed by atoms with Crippen molar-refractivity contribution in [2.75, 3.05) is 31.5 Å². The van der Waals surface area contributed by atoms with Crippen molar-refractivity contribution in [1.29, 1.82) is 0 Å². The fourth-order valence-corrected chi connectivity index (χ4v) is 8.64. The third-order valence-electron chi connectivity index (χ3n) is 12.0. The van der Waals surface area contributed by atoms with Gasteiger partial charge < -0.3 is 40.9 Å². The number of nitrogens with two attached hydrogens (primary N) is 2. The molecule has 1 atom stereocenters. The van der Waals surface area contributed by atoms with Crippen LogP contribution in [0.5, 0.6) is 0 Å². The van der Waals surface area contributed by atoms with Crippen LogP contribution in [0.3, 0.4) is 0 Å². The highest BCUT2D eigenvalue weighted by Crippen LogP contribution is 2.32. The van der Waals surface area contributed by atoms with Gasteiger partial charge in [-0.1, -0.05) is 66.7 Å². The van der Waals surface area contributed by atoms with Crippen LogP contribution >= 0.6 is 0 Å². The lowest BCUT2D eigenvalue weighted by atomic mass is 9.77. The minimum absolute atomic E-state index is 0.0951. The average molecular weight is 781 g/mol. The van der Waals surface area contributed by atoms with E-state index >= 15 is 0 Å². The summed E-state index contributed by atoms with van der Waals surface area (Å²) >= 11 is 0. The highest BCUT2D eigenvalue weighted by molar-refractivity contribution is 6.67. The Labute approximate surface area is 338 Å². The molecule has 0 bridgehead atoms. The van der Waals surface area contributed by atoms with E-state index in [1.807, 2.05) is 40.1 Å². The summed E-state index contributed by atoms with van der Waals surface area (Å²) in [6, 6.07) is 30.8. The van der Waals surface area contributed by atoms with Crippen LogP contribution in [0.4, 0.5) is 5.69 Å². The Hall–Kier alpha value is -5.76. The van der Waals surface area contributed by atoms with Crippen molar-refractivity contribution in [3.63, 3.8) is 0 Å². The summed E-state index contributed by atoms with van der Waals surface area (Å²) < 4.78 is 11.9. The quantitative estimate of drug-likeness (QED) is 0.140. The van der Waals surface area contributed by atoms with Crippen molar-refractivity contribution in [3.8, 4) is 0 Å². The Morgan fingerprint density at radius 3 is 1.98 bits per heavy atom. The van der Waals surface area contributed by atoms with Crippen molar-refractivity contribution in [1.82, 2.24) is 14.8 Å². The number of H-pyrrole nitrogens is 1. The number of nitrogens with one attached hydrogen (secondary N) is 2. The second-order valence-electron chi connectivity index (χ2n) is 15.9. The number of carbonyl (C=O) groups is 4. The number of piperidine rings is 2. The number of nitrogens with zero attached hydrogens (tertiary/aromatic N) is 2. The molecule has 1 unspecified atom stereocenters. The first-order valence-corrected chi connectivity index (χ1v) is 20.2. The van der Waals surface area contributed by atoms with Crippen molar-refractivity contribution in [2.24, 2.45) is 11.5 Å². The Kier molecular flexibility index (Phi) is 11.2. The van der Waals surface area contributed by atoms with E-state index in [0.29, 0.717) is 84.4 Å². The monoisotopic (exact) mass is 780 g/mol. The summed E-state index contributed by atoms with van der Waals surface area (Å²) in [6.45, 7) is 5.06. The van der Waals surface area contributed by atoms with Crippen LogP contribution in [0.25, 0.3) is 10.9 Å². The van der Waals surface area contributed by atoms with E-state index in [9.17, 15) is 19.2 Å². The standard InChI is InChI=1S/C45H49BN6O6/c1-45(26-41(53)49-36-11-4-10-35(24-36)42(54)51-18-14-31(15-19-51)33-8-2-6-29(22-33)27-47)44(56)57-46(58-45)38-12-5-13-39-37(38)25-40(50-39)43(55)52-20-16-32(17-21-52)34-9-3-7-30(23-34)28-48/h2-13,22-25,31-32,50H,14-21,26-28,47-48H2,1H3,(H,49,53). The molecule has 3 amide bonds. The molecule has 3 saturated heterocycles. The fourth-order valence-electron chi connectivity index (χ4n) is 8.64. The highest BCUT2D eigenvalue weighted by Gasteiger charge is 2.52. The number of likely N-dealkylation sites (tertiary alicyclic amines) is 2. The third kappa shape index (κ3) is 8.15. The SMILES string of the molecule is CC1(CC(=O)Nc2cccc(C(=O)N3CCC(c4cccc(CN)c4)CC3)c2)OB(c2cccc3[nH]c(C(=O)N4CCC(c5cccc(CN)c5)CC4)cc23)OC1=O. The van der Waals surface area contributed by atoms with Crippen LogP contribution in [-0.2, 0) is 32.0 Å². The molecular formula is C45H49BN6O6. The van der Waals surface area contributed by atoms with Crippen molar-refractivity contribution < 1.29 is 28.5 Å². The van der Waals surface area contributed by atoms with Gasteiger partial charge in [-0.3, -0.25) is 19.2 Å². The lowest BCUT2D eigenvalue weighted by molar-refractivity contribution is -0.144. The first-order chi connectivity index (χ1) is 28.1. The smallest absolute Gasteiger partial charge is 0.504 e. The van der Waals surface area contributed by atoms with Crippen LogP contribution in [-0.4, -0.2) is 77.4 Å². The maximum atomic E-state index is 13.7. The molecule has 0 aliphatic carbocycles. The van der Waals surface area contributed by atoms with Crippen LogP contribution in [0, 0.1) is 0 Å². The second kappa shape index (κ2) is 16.6. The number of aromatic nitrogens is 1. The van der Waals surface area contributed by atoms with Gasteiger partial charge in [-0.25, -0.2) is 0 Å². The molecule has 58 heavy (non-hydrogen) atoms. The van der Waals surface area contributed by atoms with Gasteiger partial charge in [-0.05, 0) is 97.0 Å². The Morgan fingerprint density at radius 2 is 1.36 bits per heavy atom. The van der Waals surface area contributed by atoms with Gasteiger partial charge in [0.25, 0.3) is 11.8 Å². The number of hydrogen-bond acceptors (Lipinski definition) is 8. The summed E-state index contributed by atoms with van der Waals surface area (Å²) in [4.78, 5) is 60.8. The van der Waals surface area contributed by atoms with Crippen molar-refractivity contribution in [3.05, 3.63) is 131 Å². The molecule has 0 spiro atoms. The number of aromatic amines is 1. The first kappa shape index (κ1) is 39.1. The van der Waals surface area contributed by atoms with E-state index in [1.165, 1.54) is 18.1 Å². The third-order valence-corrected chi connectivity index (χ3v) is 12.0. The fraction of sp³-hybridized carbons (Fsp3) is 0.333. The zero-order chi connectivity index (χ0) is 40.4. The van der Waals surface area contributed by atoms with E-state index in [1.54, 1.807) is 42.5 Å². The maximum Gasteiger partial charge on any atom is 0.566 e. The van der Waals surface area contributed by atoms with E-state index < -0.39 is 24.6 Å². The van der Waals surface area contributed by atoms with E-state index in [4.69, 9.17) is 20.8 Å². The van der Waals surface area contributed by atoms with Crippen LogP contribution in [0.15, 0.2) is 97.1 Å². The van der Waals surface area contributed by atoms with E-state index in [2.05, 4.69) is 34.6 Å². The van der Waals surface area contributed by atoms with Gasteiger partial charge >= 0.3 is 13.1 Å². The zero-order valence-corrected chi connectivity index (χ0v) is 32.7. The molecule has 0 radical (unpaired) electrons. The van der Waals surface area contributed by atoms with Gasteiger partial charge in [0, 0.05) is 66.9 Å². The summed E-state index contributed by atoms with van der Waals surface area (Å²) in [7, 11) is -1.08. The Morgan fingerprint density at radius 1 is 0.776 bits per heavy atom. The zero-order valence-electron chi connectivity index (χ0n) is 32.7. The van der Waals surface area contributed by atoms with Gasteiger partial charge in [0.1, 0.15) is 5.69 Å². The van der Waals surface area contributed by atoms with Gasteiger partial charge in [0.05, 0.1) is 6.42 Å². The van der Waals surface area contributed by atoms with Crippen LogP contribution in [0.1, 0.15) is 94.0 Å². The first-order valence-electron chi connectivity index (χ1n) is 20.2. The molecule has 3 fully saturated rings. The lowest BCUT2D eigenvalue weighted by Gasteiger charge is -2.32. The summed E-state index contributed by atoms with van der Waals surface area (Å²) in [6.07, 6.45) is 3.13. The number of rotatable bonds is 10. The largest absolute Gasteiger partial charge is 0.566 e. The number of amides is 3. The minimum Gasteiger partial charge on any atom is -0.504 e. The molecule has 4 aromatic carbocycles. The van der Waals surface area contributed by atoms with E-state index in [0.717, 1.165) is 36.8 Å². The number of anilines is 1. The molecule has 13 heteroatoms. The van der Waals surface area contributed by atoms with Gasteiger partial charge in [-0.15, -0.1) is 0 Å². The predicted octanol–water partition coefficient (Wildman–Crippen LogP) is 5.18. The average Bonchev–Trinajstić information content (AvgIpc) is 3.83. The number of fused-ring (bicyclic) bond motifs is 1. The van der Waals surface area contributed by atoms with Gasteiger partial charge in [-0.2, -0.15) is 0 Å². The Balaban J connectivity index is 0.873.